The van der Waals surface area contributed by atoms with Gasteiger partial charge in [0.25, 0.3) is 0 Å². The molecule has 10 heteroatoms. The predicted molar refractivity (Wildman–Crippen MR) is 158 cm³/mol. The van der Waals surface area contributed by atoms with Gasteiger partial charge in [0, 0.05) is 26.4 Å². The molecular weight excluding hydrogens is 513 g/mol. The van der Waals surface area contributed by atoms with Gasteiger partial charge in [-0.25, -0.2) is 0 Å². The van der Waals surface area contributed by atoms with Gasteiger partial charge in [0.2, 0.25) is 0 Å². The molecule has 4 nitrogen and oxygen atoms in total. The molecule has 0 spiro atoms. The maximum absolute atomic E-state index is 6.19. The Bertz CT molecular complexity index is 364. The second-order valence-corrected chi connectivity index (χ2v) is 18.4. The lowest BCUT2D eigenvalue weighted by molar-refractivity contribution is -0.159. The summed E-state index contributed by atoms with van der Waals surface area (Å²) in [5.74, 6) is 1.83. The third-order valence-corrected chi connectivity index (χ3v) is 17.0. The van der Waals surface area contributed by atoms with Crippen molar-refractivity contribution in [2.45, 2.75) is 103 Å². The zero-order valence-electron chi connectivity index (χ0n) is 21.6. The fourth-order valence-electron chi connectivity index (χ4n) is 3.64. The van der Waals surface area contributed by atoms with Crippen LogP contribution in [0, 0.1) is 0 Å². The molecule has 0 aliphatic rings. The molecule has 0 saturated carbocycles. The molecule has 0 amide bonds. The van der Waals surface area contributed by atoms with Gasteiger partial charge >= 0.3 is 0 Å². The van der Waals surface area contributed by atoms with Gasteiger partial charge in [-0.15, -0.1) is 0 Å². The van der Waals surface area contributed by atoms with E-state index in [1.807, 2.05) is 41.2 Å². The van der Waals surface area contributed by atoms with Gasteiger partial charge in [-0.05, 0) is 47.3 Å². The van der Waals surface area contributed by atoms with Crippen LogP contribution in [0.15, 0.2) is 0 Å². The first-order chi connectivity index (χ1) is 15.6. The minimum absolute atomic E-state index is 0.313. The van der Waals surface area contributed by atoms with Crippen molar-refractivity contribution in [3.05, 3.63) is 0 Å². The molecule has 0 rings (SSSR count). The molecule has 0 aliphatic carbocycles. The maximum atomic E-state index is 6.19. The molecule has 0 aliphatic heterocycles. The monoisotopic (exact) mass is 562 g/mol. The molecule has 0 aromatic heterocycles. The van der Waals surface area contributed by atoms with Crippen molar-refractivity contribution < 1.29 is 18.9 Å². The van der Waals surface area contributed by atoms with E-state index in [1.165, 1.54) is 50.6 Å². The quantitative estimate of drug-likeness (QED) is 0.0528. The Hall–Kier alpha value is 1.67. The molecule has 0 aromatic rings. The fourth-order valence-corrected chi connectivity index (χ4v) is 16.1. The average molecular weight is 563 g/mol. The largest absolute Gasteiger partial charge is 0.354 e. The lowest BCUT2D eigenvalue weighted by atomic mass is 10.3. The van der Waals surface area contributed by atoms with E-state index in [-0.39, 0.29) is 10.8 Å². The molecule has 0 radical (unpaired) electrons. The van der Waals surface area contributed by atoms with E-state index in [1.54, 1.807) is 0 Å². The summed E-state index contributed by atoms with van der Waals surface area (Å²) in [6.45, 7) is 15.8. The molecule has 0 aromatic carbocycles. The Morgan fingerprint density at radius 3 is 1.16 bits per heavy atom. The average Bonchev–Trinajstić information content (AvgIpc) is 2.77. The highest BCUT2D eigenvalue weighted by molar-refractivity contribution is 9.26. The van der Waals surface area contributed by atoms with Crippen molar-refractivity contribution >= 4 is 60.3 Å². The van der Waals surface area contributed by atoms with Crippen molar-refractivity contribution in [1.82, 2.24) is 0 Å². The highest BCUT2D eigenvalue weighted by Gasteiger charge is 2.33. The molecule has 32 heavy (non-hydrogen) atoms. The minimum Gasteiger partial charge on any atom is -0.354 e. The number of hydrogen-bond acceptors (Lipinski definition) is 8. The van der Waals surface area contributed by atoms with Crippen LogP contribution in [0.3, 0.4) is 0 Å². The van der Waals surface area contributed by atoms with Crippen LogP contribution in [0.25, 0.3) is 0 Å². The Morgan fingerprint density at radius 2 is 0.875 bits per heavy atom. The van der Waals surface area contributed by atoms with E-state index in [2.05, 4.69) is 41.5 Å². The smallest absolute Gasteiger partial charge is 0.154 e. The zero-order chi connectivity index (χ0) is 24.0. The van der Waals surface area contributed by atoms with E-state index in [0.717, 1.165) is 37.9 Å². The van der Waals surface area contributed by atoms with Crippen LogP contribution in [0.5, 0.6) is 0 Å². The summed E-state index contributed by atoms with van der Waals surface area (Å²) >= 11 is 0. The summed E-state index contributed by atoms with van der Waals surface area (Å²) in [5.41, 5.74) is -0.626. The van der Waals surface area contributed by atoms with Gasteiger partial charge in [-0.3, -0.25) is 0 Å². The van der Waals surface area contributed by atoms with Crippen LogP contribution in [0.4, 0.5) is 0 Å². The van der Waals surface area contributed by atoms with Crippen LogP contribution in [-0.2, 0) is 18.9 Å². The molecule has 194 valence electrons. The van der Waals surface area contributed by atoms with Crippen molar-refractivity contribution in [2.75, 3.05) is 37.9 Å². The lowest BCUT2D eigenvalue weighted by Gasteiger charge is -2.33. The SMILES string of the molecule is CCCCC[SiH2]C(CSSSSCC(OCC)(OCC)[SiH2]CCCCC)(OCC)OCC. The number of rotatable bonds is 25. The third kappa shape index (κ3) is 16.4. The molecule has 0 heterocycles. The fraction of sp³-hybridized carbons (Fsp3) is 1.00. The molecule has 0 saturated heterocycles. The summed E-state index contributed by atoms with van der Waals surface area (Å²) in [4.78, 5) is 0. The standard InChI is InChI=1S/C22H50O4S4Si2/c1-7-13-15-17-31-21(23-9-3,24-10-4)19-27-29-30-28-20-22(25-11-5,26-12-6)32-18-16-14-8-2/h7-20,31-32H2,1-6H3. The number of ether oxygens (including phenoxy) is 4. The van der Waals surface area contributed by atoms with Gasteiger partial charge in [0.1, 0.15) is 0 Å². The van der Waals surface area contributed by atoms with Gasteiger partial charge in [-0.1, -0.05) is 86.0 Å². The summed E-state index contributed by atoms with van der Waals surface area (Å²) < 4.78 is 24.8. The van der Waals surface area contributed by atoms with Crippen molar-refractivity contribution in [1.29, 1.82) is 0 Å². The minimum atomic E-state index is -0.443. The van der Waals surface area contributed by atoms with Crippen LogP contribution in [0.2, 0.25) is 12.1 Å². The molecule has 0 bridgehead atoms. The summed E-state index contributed by atoms with van der Waals surface area (Å²) in [6, 6.07) is 2.60. The Labute approximate surface area is 219 Å². The Morgan fingerprint density at radius 1 is 0.531 bits per heavy atom. The molecule has 0 unspecified atom stereocenters. The van der Waals surface area contributed by atoms with E-state index >= 15 is 0 Å². The van der Waals surface area contributed by atoms with Crippen LogP contribution < -0.4 is 0 Å². The van der Waals surface area contributed by atoms with E-state index in [4.69, 9.17) is 18.9 Å². The molecular formula is C22H50O4S4Si2. The topological polar surface area (TPSA) is 36.9 Å². The van der Waals surface area contributed by atoms with Crippen LogP contribution in [0.1, 0.15) is 80.1 Å². The van der Waals surface area contributed by atoms with E-state index in [9.17, 15) is 0 Å². The third-order valence-electron chi connectivity index (χ3n) is 5.13. The second-order valence-electron chi connectivity index (χ2n) is 7.84. The van der Waals surface area contributed by atoms with Gasteiger partial charge in [-0.2, -0.15) is 0 Å². The van der Waals surface area contributed by atoms with Crippen molar-refractivity contribution in [3.8, 4) is 0 Å². The molecule has 0 fully saturated rings. The Kier molecular flexibility index (Phi) is 24.3. The highest BCUT2D eigenvalue weighted by Crippen LogP contribution is 2.46. The maximum Gasteiger partial charge on any atom is 0.154 e. The summed E-state index contributed by atoms with van der Waals surface area (Å²) in [7, 11) is 6.57. The van der Waals surface area contributed by atoms with Crippen molar-refractivity contribution in [2.24, 2.45) is 0 Å². The van der Waals surface area contributed by atoms with Gasteiger partial charge in [0.05, 0.1) is 30.5 Å². The molecule has 0 N–H and O–H groups in total. The van der Waals surface area contributed by atoms with Crippen molar-refractivity contribution in [3.63, 3.8) is 0 Å². The van der Waals surface area contributed by atoms with Gasteiger partial charge in [0.15, 0.2) is 10.8 Å². The summed E-state index contributed by atoms with van der Waals surface area (Å²) in [6.07, 6.45) is 7.81. The zero-order valence-corrected chi connectivity index (χ0v) is 27.7. The first-order valence-electron chi connectivity index (χ1n) is 12.7. The number of hydrogen-bond donors (Lipinski definition) is 0. The highest BCUT2D eigenvalue weighted by atomic mass is 33.7. The Balaban J connectivity index is 4.55. The number of unbranched alkanes of at least 4 members (excludes halogenated alkanes) is 4. The van der Waals surface area contributed by atoms with E-state index in [0.29, 0.717) is 0 Å². The predicted octanol–water partition coefficient (Wildman–Crippen LogP) is 6.67. The normalized spacial score (nSPS) is 13.3. The van der Waals surface area contributed by atoms with Crippen LogP contribution >= 0.6 is 41.2 Å². The first-order valence-corrected chi connectivity index (χ1v) is 21.3. The second kappa shape index (κ2) is 23.1. The van der Waals surface area contributed by atoms with Crippen LogP contribution in [-0.4, -0.2) is 67.8 Å². The summed E-state index contributed by atoms with van der Waals surface area (Å²) in [5, 5.41) is 0. The van der Waals surface area contributed by atoms with Gasteiger partial charge < -0.3 is 18.9 Å². The van der Waals surface area contributed by atoms with E-state index < -0.39 is 19.0 Å². The molecule has 0 atom stereocenters. The lowest BCUT2D eigenvalue weighted by Crippen LogP contribution is -2.45. The first kappa shape index (κ1) is 33.7.